The van der Waals surface area contributed by atoms with Crippen LogP contribution >= 0.6 is 0 Å². The van der Waals surface area contributed by atoms with E-state index in [0.717, 1.165) is 0 Å². The fourth-order valence-electron chi connectivity index (χ4n) is 0.399. The summed E-state index contributed by atoms with van der Waals surface area (Å²) in [6.07, 6.45) is -1.40. The quantitative estimate of drug-likeness (QED) is 0.595. The summed E-state index contributed by atoms with van der Waals surface area (Å²) in [5, 5.41) is 2.43. The van der Waals surface area contributed by atoms with Gasteiger partial charge in [0, 0.05) is 6.04 Å². The van der Waals surface area contributed by atoms with Gasteiger partial charge in [-0.2, -0.15) is 0 Å². The molecule has 0 fully saturated rings. The second kappa shape index (κ2) is 3.43. The Labute approximate surface area is 54.4 Å². The second-order valence-electron chi connectivity index (χ2n) is 2.28. The van der Waals surface area contributed by atoms with Crippen LogP contribution in [0, 0.1) is 0 Å². The van der Waals surface area contributed by atoms with Gasteiger partial charge in [0.25, 0.3) is 5.91 Å². The highest BCUT2D eigenvalue weighted by molar-refractivity contribution is 5.80. The van der Waals surface area contributed by atoms with Crippen molar-refractivity contribution in [1.82, 2.24) is 5.32 Å². The molecule has 0 aromatic heterocycles. The molecule has 0 saturated heterocycles. The van der Waals surface area contributed by atoms with Gasteiger partial charge in [0.2, 0.25) is 0 Å². The van der Waals surface area contributed by atoms with E-state index in [4.69, 9.17) is 0 Å². The van der Waals surface area contributed by atoms with Gasteiger partial charge in [-0.1, -0.05) is 0 Å². The van der Waals surface area contributed by atoms with Crippen LogP contribution in [0.15, 0.2) is 0 Å². The number of nitrogens with one attached hydrogen (secondary N) is 1. The number of hydrogen-bond acceptors (Lipinski definition) is 1. The van der Waals surface area contributed by atoms with Crippen LogP contribution in [0.25, 0.3) is 0 Å². The maximum absolute atomic E-state index is 12.0. The number of amides is 1. The summed E-state index contributed by atoms with van der Waals surface area (Å²) in [5.41, 5.74) is 0. The van der Waals surface area contributed by atoms with Crippen LogP contribution in [0.2, 0.25) is 0 Å². The molecular weight excluding hydrogens is 121 g/mol. The van der Waals surface area contributed by atoms with E-state index in [1.165, 1.54) is 6.92 Å². The van der Waals surface area contributed by atoms with Gasteiger partial charge >= 0.3 is 0 Å². The van der Waals surface area contributed by atoms with Crippen molar-refractivity contribution in [2.75, 3.05) is 0 Å². The van der Waals surface area contributed by atoms with Crippen molar-refractivity contribution < 1.29 is 9.18 Å². The second-order valence-corrected chi connectivity index (χ2v) is 2.28. The molecule has 3 heteroatoms. The monoisotopic (exact) mass is 133 g/mol. The Hall–Kier alpha value is -0.600. The summed E-state index contributed by atoms with van der Waals surface area (Å²) in [7, 11) is 0. The summed E-state index contributed by atoms with van der Waals surface area (Å²) in [5.74, 6) is -0.537. The van der Waals surface area contributed by atoms with Gasteiger partial charge in [-0.05, 0) is 20.8 Å². The van der Waals surface area contributed by atoms with Crippen molar-refractivity contribution in [2.24, 2.45) is 0 Å². The predicted molar refractivity (Wildman–Crippen MR) is 33.8 cm³/mol. The SMILES string of the molecule is CC(C)NC(=O)C(C)F. The average Bonchev–Trinajstić information content (AvgIpc) is 1.63. The molecule has 1 atom stereocenters. The number of alkyl halides is 1. The van der Waals surface area contributed by atoms with Crippen LogP contribution in [0.5, 0.6) is 0 Å². The first-order chi connectivity index (χ1) is 4.04. The number of carbonyl (C=O) groups excluding carboxylic acids is 1. The van der Waals surface area contributed by atoms with E-state index in [-0.39, 0.29) is 6.04 Å². The van der Waals surface area contributed by atoms with E-state index in [0.29, 0.717) is 0 Å². The summed E-state index contributed by atoms with van der Waals surface area (Å²) in [6, 6.07) is 0.0238. The zero-order chi connectivity index (χ0) is 7.44. The Morgan fingerprint density at radius 3 is 2.00 bits per heavy atom. The van der Waals surface area contributed by atoms with Crippen LogP contribution in [0.1, 0.15) is 20.8 Å². The zero-order valence-corrected chi connectivity index (χ0v) is 5.94. The maximum atomic E-state index is 12.0. The molecule has 54 valence electrons. The largest absolute Gasteiger partial charge is 0.351 e. The topological polar surface area (TPSA) is 29.1 Å². The lowest BCUT2D eigenvalue weighted by molar-refractivity contribution is -0.125. The molecule has 2 nitrogen and oxygen atoms in total. The fourth-order valence-corrected chi connectivity index (χ4v) is 0.399. The highest BCUT2D eigenvalue weighted by Crippen LogP contribution is 1.88. The molecule has 0 rings (SSSR count). The van der Waals surface area contributed by atoms with E-state index >= 15 is 0 Å². The fraction of sp³-hybridized carbons (Fsp3) is 0.833. The highest BCUT2D eigenvalue weighted by Gasteiger charge is 2.10. The Morgan fingerprint density at radius 2 is 1.89 bits per heavy atom. The minimum atomic E-state index is -1.40. The molecule has 0 aliphatic carbocycles. The maximum Gasteiger partial charge on any atom is 0.254 e. The Kier molecular flexibility index (Phi) is 3.20. The average molecular weight is 133 g/mol. The molecule has 0 aliphatic rings. The van der Waals surface area contributed by atoms with Crippen LogP contribution < -0.4 is 5.32 Å². The van der Waals surface area contributed by atoms with Gasteiger partial charge in [-0.15, -0.1) is 0 Å². The molecule has 0 aromatic rings. The third-order valence-electron chi connectivity index (χ3n) is 0.792. The Balaban J connectivity index is 3.51. The van der Waals surface area contributed by atoms with Gasteiger partial charge in [-0.3, -0.25) is 4.79 Å². The Morgan fingerprint density at radius 1 is 1.44 bits per heavy atom. The van der Waals surface area contributed by atoms with Crippen molar-refractivity contribution in [3.8, 4) is 0 Å². The molecule has 1 amide bonds. The first-order valence-electron chi connectivity index (χ1n) is 2.98. The van der Waals surface area contributed by atoms with Crippen molar-refractivity contribution in [1.29, 1.82) is 0 Å². The lowest BCUT2D eigenvalue weighted by atomic mass is 10.3. The summed E-state index contributed by atoms with van der Waals surface area (Å²) in [6.45, 7) is 4.80. The molecule has 0 aliphatic heterocycles. The number of carbonyl (C=O) groups is 1. The lowest BCUT2D eigenvalue weighted by Gasteiger charge is -2.07. The zero-order valence-electron chi connectivity index (χ0n) is 5.94. The van der Waals surface area contributed by atoms with Crippen LogP contribution in [-0.4, -0.2) is 18.1 Å². The normalized spacial score (nSPS) is 13.4. The molecular formula is C6H12FNO. The predicted octanol–water partition coefficient (Wildman–Crippen LogP) is 0.869. The molecule has 1 unspecified atom stereocenters. The summed E-state index contributed by atoms with van der Waals surface area (Å²) < 4.78 is 12.0. The number of rotatable bonds is 2. The number of hydrogen-bond donors (Lipinski definition) is 1. The first-order valence-corrected chi connectivity index (χ1v) is 2.98. The molecule has 9 heavy (non-hydrogen) atoms. The third kappa shape index (κ3) is 3.94. The molecule has 0 spiro atoms. The van der Waals surface area contributed by atoms with Crippen molar-refractivity contribution in [2.45, 2.75) is 33.0 Å². The van der Waals surface area contributed by atoms with Gasteiger partial charge < -0.3 is 5.32 Å². The van der Waals surface area contributed by atoms with E-state index in [1.54, 1.807) is 13.8 Å². The van der Waals surface area contributed by atoms with Crippen LogP contribution in [0.4, 0.5) is 4.39 Å². The first kappa shape index (κ1) is 8.40. The lowest BCUT2D eigenvalue weighted by Crippen LogP contribution is -2.35. The van der Waals surface area contributed by atoms with Crippen molar-refractivity contribution in [3.63, 3.8) is 0 Å². The minimum Gasteiger partial charge on any atom is -0.351 e. The smallest absolute Gasteiger partial charge is 0.254 e. The van der Waals surface area contributed by atoms with E-state index in [2.05, 4.69) is 5.32 Å². The van der Waals surface area contributed by atoms with E-state index in [1.807, 2.05) is 0 Å². The van der Waals surface area contributed by atoms with Crippen molar-refractivity contribution >= 4 is 5.91 Å². The summed E-state index contributed by atoms with van der Waals surface area (Å²) in [4.78, 5) is 10.5. The molecule has 0 heterocycles. The third-order valence-corrected chi connectivity index (χ3v) is 0.792. The standard InChI is InChI=1S/C6H12FNO/c1-4(2)8-6(9)5(3)7/h4-5H,1-3H3,(H,8,9). The van der Waals surface area contributed by atoms with Gasteiger partial charge in [0.1, 0.15) is 0 Å². The van der Waals surface area contributed by atoms with E-state index < -0.39 is 12.1 Å². The van der Waals surface area contributed by atoms with Gasteiger partial charge in [0.05, 0.1) is 0 Å². The minimum absolute atomic E-state index is 0.0238. The van der Waals surface area contributed by atoms with Crippen LogP contribution in [-0.2, 0) is 4.79 Å². The van der Waals surface area contributed by atoms with Gasteiger partial charge in [-0.25, -0.2) is 4.39 Å². The molecule has 0 saturated carbocycles. The molecule has 0 radical (unpaired) electrons. The van der Waals surface area contributed by atoms with E-state index in [9.17, 15) is 9.18 Å². The van der Waals surface area contributed by atoms with Gasteiger partial charge in [0.15, 0.2) is 6.17 Å². The highest BCUT2D eigenvalue weighted by atomic mass is 19.1. The number of halogens is 1. The van der Waals surface area contributed by atoms with Crippen molar-refractivity contribution in [3.05, 3.63) is 0 Å². The molecule has 0 bridgehead atoms. The molecule has 0 aromatic carbocycles. The Bertz CT molecular complexity index is 101. The summed E-state index contributed by atoms with van der Waals surface area (Å²) >= 11 is 0. The van der Waals surface area contributed by atoms with Crippen LogP contribution in [0.3, 0.4) is 0 Å². The molecule has 1 N–H and O–H groups in total.